The molecule has 0 unspecified atom stereocenters. The standard InChI is InChI=1S/C25H29FN2O4.Lr/c1-5-7-24(29)28(6-2)15-14-27(4)17-23(20-9-8-18(3)22(26)16-20)32-21-12-10-19(11-13-21)25(30)31;/h5-13,16,23H,4,14-15,17H2,1-3H3,(H,30,31);/q-2;/b7-5+;/t23-;/m0./s1. The molecule has 1 amide bonds. The van der Waals surface area contributed by atoms with Crippen LogP contribution >= 0.6 is 0 Å². The smallest absolute Gasteiger partial charge is 0.335 e. The Morgan fingerprint density at radius 3 is 2.42 bits per heavy atom. The van der Waals surface area contributed by atoms with Gasteiger partial charge < -0.3 is 19.6 Å². The Bertz CT molecular complexity index is 950. The van der Waals surface area contributed by atoms with Crippen molar-refractivity contribution in [3.8, 4) is 5.75 Å². The van der Waals surface area contributed by atoms with E-state index in [0.29, 0.717) is 36.5 Å². The van der Waals surface area contributed by atoms with E-state index in [1.165, 1.54) is 24.3 Å². The van der Waals surface area contributed by atoms with Crippen molar-refractivity contribution in [2.75, 3.05) is 19.6 Å². The fourth-order valence-corrected chi connectivity index (χ4v) is 3.04. The summed E-state index contributed by atoms with van der Waals surface area (Å²) < 4.78 is 20.3. The number of carbonyl (C=O) groups excluding carboxylic acids is 1. The first-order chi connectivity index (χ1) is 15.2. The fraction of sp³-hybridized carbons (Fsp3) is 0.280. The largest absolute Gasteiger partial charge is 0.489 e. The number of nitrogens with zero attached hydrogens (tertiary/aromatic N) is 2. The maximum absolute atomic E-state index is 14.2. The molecule has 33 heavy (non-hydrogen) atoms. The van der Waals surface area contributed by atoms with Crippen molar-refractivity contribution >= 4 is 11.9 Å². The molecule has 0 aromatic heterocycles. The number of aryl methyl sites for hydroxylation is 1. The van der Waals surface area contributed by atoms with Crippen molar-refractivity contribution in [3.05, 3.63) is 90.7 Å². The van der Waals surface area contributed by atoms with Crippen LogP contribution in [0.4, 0.5) is 4.39 Å². The summed E-state index contributed by atoms with van der Waals surface area (Å²) in [6, 6.07) is 11.0. The van der Waals surface area contributed by atoms with E-state index < -0.39 is 12.1 Å². The van der Waals surface area contributed by atoms with Crippen LogP contribution in [0.1, 0.15) is 41.4 Å². The molecule has 0 bridgehead atoms. The summed E-state index contributed by atoms with van der Waals surface area (Å²) >= 11 is 0. The number of carbonyl (C=O) groups is 2. The van der Waals surface area contributed by atoms with Crippen molar-refractivity contribution in [2.45, 2.75) is 26.9 Å². The average molecular weight is 703 g/mol. The third-order valence-corrected chi connectivity index (χ3v) is 4.93. The second-order valence-corrected chi connectivity index (χ2v) is 7.31. The van der Waals surface area contributed by atoms with Gasteiger partial charge in [-0.05, 0) is 67.9 Å². The van der Waals surface area contributed by atoms with Gasteiger partial charge in [0, 0.05) is 13.1 Å². The minimum absolute atomic E-state index is 0. The minimum Gasteiger partial charge on any atom is -0.489 e. The third kappa shape index (κ3) is 7.78. The summed E-state index contributed by atoms with van der Waals surface area (Å²) in [6.07, 6.45) is 2.63. The molecule has 187 valence electrons. The van der Waals surface area contributed by atoms with Crippen LogP contribution in [0.15, 0.2) is 54.6 Å². The predicted molar refractivity (Wildman–Crippen MR) is 121 cm³/mol. The molecule has 8 heteroatoms. The second-order valence-electron chi connectivity index (χ2n) is 7.31. The number of hydrogen-bond acceptors (Lipinski definition) is 4. The molecular weight excluding hydrogens is 673 g/mol. The van der Waals surface area contributed by atoms with E-state index in [4.69, 9.17) is 9.84 Å². The molecule has 0 saturated carbocycles. The van der Waals surface area contributed by atoms with Gasteiger partial charge in [-0.15, -0.1) is 0 Å². The van der Waals surface area contributed by atoms with Gasteiger partial charge in [0.2, 0.25) is 5.91 Å². The van der Waals surface area contributed by atoms with Crippen LogP contribution < -0.4 is 4.74 Å². The van der Waals surface area contributed by atoms with Crippen LogP contribution in [0.3, 0.4) is 0 Å². The Morgan fingerprint density at radius 1 is 1.21 bits per heavy atom. The monoisotopic (exact) mass is 702 g/mol. The summed E-state index contributed by atoms with van der Waals surface area (Å²) in [5, 5.41) is 9.08. The topological polar surface area (TPSA) is 70.1 Å². The number of amides is 1. The number of benzene rings is 2. The van der Waals surface area contributed by atoms with Gasteiger partial charge in [-0.2, -0.15) is 6.92 Å². The van der Waals surface area contributed by atoms with Crippen LogP contribution in [0.5, 0.6) is 5.75 Å². The zero-order chi connectivity index (χ0) is 23.7. The number of halogens is 1. The summed E-state index contributed by atoms with van der Waals surface area (Å²) in [5.41, 5.74) is 1.31. The molecule has 1 N–H and O–H groups in total. The van der Waals surface area contributed by atoms with Crippen LogP contribution in [-0.2, 0) is 4.79 Å². The summed E-state index contributed by atoms with van der Waals surface area (Å²) in [4.78, 5) is 26.5. The van der Waals surface area contributed by atoms with E-state index in [1.807, 2.05) is 0 Å². The van der Waals surface area contributed by atoms with Gasteiger partial charge in [0.05, 0.1) is 5.56 Å². The first-order valence-corrected chi connectivity index (χ1v) is 10.3. The molecule has 1 atom stereocenters. The SMILES string of the molecule is [CH2-]N(CCN([CH-]C)C(=O)/C=C/C)C[C@H](Oc1ccc(C(=O)O)cc1)c1ccc(C)c(F)c1.[Lr]. The van der Waals surface area contributed by atoms with Crippen molar-refractivity contribution in [2.24, 2.45) is 0 Å². The molecule has 0 fully saturated rings. The Kier molecular flexibility index (Phi) is 10.3. The Hall–Kier alpha value is -4.19. The van der Waals surface area contributed by atoms with E-state index in [-0.39, 0.29) is 17.3 Å². The van der Waals surface area contributed by atoms with Crippen molar-refractivity contribution in [3.63, 3.8) is 0 Å². The van der Waals surface area contributed by atoms with Crippen molar-refractivity contribution in [1.82, 2.24) is 9.80 Å². The molecule has 0 saturated heterocycles. The first-order valence-electron chi connectivity index (χ1n) is 10.3. The van der Waals surface area contributed by atoms with Crippen LogP contribution in [0.2, 0.25) is 0 Å². The molecule has 1 radical (unpaired) electrons. The van der Waals surface area contributed by atoms with Crippen LogP contribution in [-0.4, -0.2) is 46.4 Å². The predicted octanol–water partition coefficient (Wildman–Crippen LogP) is 4.63. The number of carboxylic acid groups (broad SMARTS) is 1. The average Bonchev–Trinajstić information content (AvgIpc) is 2.76. The molecule has 0 aliphatic carbocycles. The van der Waals surface area contributed by atoms with Gasteiger partial charge >= 0.3 is 5.97 Å². The molecule has 0 heterocycles. The molecule has 0 aliphatic heterocycles. The van der Waals surface area contributed by atoms with E-state index in [9.17, 15) is 14.0 Å². The number of rotatable bonds is 11. The van der Waals surface area contributed by atoms with Gasteiger partial charge in [0.15, 0.2) is 0 Å². The summed E-state index contributed by atoms with van der Waals surface area (Å²) in [7, 11) is 4.05. The van der Waals surface area contributed by atoms with Gasteiger partial charge in [-0.25, -0.2) is 15.7 Å². The number of allylic oxidation sites excluding steroid dienone is 1. The maximum Gasteiger partial charge on any atom is 0.335 e. The summed E-state index contributed by atoms with van der Waals surface area (Å²) in [6.45, 7) is 8.21. The molecular formula is C25H29FLrN2O4-2. The first kappa shape index (κ1) is 26.8. The zero-order valence-electron chi connectivity index (χ0n) is 18.9. The zero-order valence-corrected chi connectivity index (χ0v) is 21.0. The van der Waals surface area contributed by atoms with Gasteiger partial charge in [0.25, 0.3) is 0 Å². The van der Waals surface area contributed by atoms with Gasteiger partial charge in [0.1, 0.15) is 17.7 Å². The van der Waals surface area contributed by atoms with E-state index in [1.54, 1.807) is 67.5 Å². The maximum atomic E-state index is 14.2. The molecule has 2 rings (SSSR count). The van der Waals surface area contributed by atoms with E-state index in [2.05, 4.69) is 7.05 Å². The van der Waals surface area contributed by atoms with E-state index >= 15 is 0 Å². The second kappa shape index (κ2) is 12.6. The molecule has 0 spiro atoms. The quantitative estimate of drug-likeness (QED) is 0.274. The molecule has 0 aliphatic rings. The molecule has 2 aromatic rings. The number of hydrogen-bond donors (Lipinski definition) is 1. The van der Waals surface area contributed by atoms with Gasteiger partial charge in [-0.3, -0.25) is 11.8 Å². The summed E-state index contributed by atoms with van der Waals surface area (Å²) in [5.74, 6) is -1.02. The normalized spacial score (nSPS) is 11.8. The molecule has 6 nitrogen and oxygen atoms in total. The Labute approximate surface area is 188 Å². The van der Waals surface area contributed by atoms with Gasteiger partial charge in [-0.1, -0.05) is 18.2 Å². The van der Waals surface area contributed by atoms with Crippen molar-refractivity contribution in [1.29, 1.82) is 0 Å². The minimum atomic E-state index is -1.03. The Balaban J connectivity index is 0.00000544. The van der Waals surface area contributed by atoms with Crippen LogP contribution in [0.25, 0.3) is 0 Å². The fourth-order valence-electron chi connectivity index (χ4n) is 3.04. The van der Waals surface area contributed by atoms with Crippen LogP contribution in [0, 0.1) is 26.3 Å². The van der Waals surface area contributed by atoms with E-state index in [0.717, 1.165) is 0 Å². The molecule has 2 aromatic carbocycles. The van der Waals surface area contributed by atoms with Crippen molar-refractivity contribution < 1.29 is 23.8 Å². The number of carboxylic acids is 1. The third-order valence-electron chi connectivity index (χ3n) is 4.93. The number of ether oxygens (including phenoxy) is 1. The Morgan fingerprint density at radius 2 is 1.88 bits per heavy atom. The number of aromatic carboxylic acids is 1.